The Bertz CT molecular complexity index is 450. The van der Waals surface area contributed by atoms with Crippen LogP contribution < -0.4 is 19.9 Å². The highest BCUT2D eigenvalue weighted by molar-refractivity contribution is 5.52. The Hall–Kier alpha value is -1.46. The van der Waals surface area contributed by atoms with Crippen LogP contribution >= 0.6 is 0 Å². The number of fused-ring (bicyclic) bond motifs is 1. The Kier molecular flexibility index (Phi) is 5.09. The quantitative estimate of drug-likeness (QED) is 0.829. The molecular weight excluding hydrogens is 258 g/mol. The van der Waals surface area contributed by atoms with Gasteiger partial charge in [0.15, 0.2) is 11.5 Å². The Labute approximate surface area is 120 Å². The number of hydrogen-bond donors (Lipinski definition) is 1. The lowest BCUT2D eigenvalue weighted by atomic mass is 10.0. The van der Waals surface area contributed by atoms with Crippen molar-refractivity contribution in [2.75, 3.05) is 20.5 Å². The van der Waals surface area contributed by atoms with Gasteiger partial charge < -0.3 is 24.7 Å². The number of benzene rings is 1. The summed E-state index contributed by atoms with van der Waals surface area (Å²) in [7, 11) is 1.66. The van der Waals surface area contributed by atoms with Crippen molar-refractivity contribution in [3.05, 3.63) is 17.7 Å². The van der Waals surface area contributed by atoms with Gasteiger partial charge in [0.1, 0.15) is 11.9 Å². The zero-order valence-electron chi connectivity index (χ0n) is 12.3. The van der Waals surface area contributed by atoms with E-state index in [1.54, 1.807) is 7.11 Å². The van der Waals surface area contributed by atoms with Gasteiger partial charge in [-0.15, -0.1) is 0 Å². The number of methoxy groups -OCH3 is 1. The molecule has 5 heteroatoms. The summed E-state index contributed by atoms with van der Waals surface area (Å²) in [6, 6.07) is 3.95. The molecule has 2 N–H and O–H groups in total. The molecule has 0 aliphatic carbocycles. The Morgan fingerprint density at radius 2 is 2.00 bits per heavy atom. The van der Waals surface area contributed by atoms with Crippen LogP contribution in [0.5, 0.6) is 17.2 Å². The molecule has 0 saturated carbocycles. The summed E-state index contributed by atoms with van der Waals surface area (Å²) in [5.74, 6) is 2.27. The van der Waals surface area contributed by atoms with Crippen molar-refractivity contribution in [2.45, 2.75) is 38.8 Å². The molecule has 5 nitrogen and oxygen atoms in total. The fourth-order valence-corrected chi connectivity index (χ4v) is 2.15. The van der Waals surface area contributed by atoms with Crippen molar-refractivity contribution in [3.63, 3.8) is 0 Å². The van der Waals surface area contributed by atoms with Crippen LogP contribution in [0.15, 0.2) is 12.1 Å². The van der Waals surface area contributed by atoms with Crippen molar-refractivity contribution in [1.82, 2.24) is 0 Å². The minimum absolute atomic E-state index is 0.0306. The zero-order chi connectivity index (χ0) is 14.5. The minimum atomic E-state index is -0.0306. The maximum atomic E-state index is 6.06. The van der Waals surface area contributed by atoms with Crippen molar-refractivity contribution in [2.24, 2.45) is 5.73 Å². The summed E-state index contributed by atoms with van der Waals surface area (Å²) >= 11 is 0. The molecular formula is C15H23NO4. The summed E-state index contributed by atoms with van der Waals surface area (Å²) in [6.07, 6.45) is 1.64. The number of hydrogen-bond acceptors (Lipinski definition) is 5. The molecule has 112 valence electrons. The average molecular weight is 281 g/mol. The zero-order valence-corrected chi connectivity index (χ0v) is 12.3. The first kappa shape index (κ1) is 14.9. The van der Waals surface area contributed by atoms with Crippen molar-refractivity contribution in [3.8, 4) is 17.2 Å². The van der Waals surface area contributed by atoms with E-state index in [-0.39, 0.29) is 18.9 Å². The highest BCUT2D eigenvalue weighted by Gasteiger charge is 2.20. The number of nitrogens with two attached hydrogens (primary N) is 1. The van der Waals surface area contributed by atoms with Gasteiger partial charge in [0.25, 0.3) is 0 Å². The molecule has 0 bridgehead atoms. The van der Waals surface area contributed by atoms with Gasteiger partial charge in [-0.1, -0.05) is 6.92 Å². The van der Waals surface area contributed by atoms with E-state index < -0.39 is 0 Å². The van der Waals surface area contributed by atoms with Gasteiger partial charge in [0, 0.05) is 19.2 Å². The van der Waals surface area contributed by atoms with Gasteiger partial charge in [0.2, 0.25) is 6.79 Å². The lowest BCUT2D eigenvalue weighted by molar-refractivity contribution is 0.0912. The third-order valence-electron chi connectivity index (χ3n) is 3.29. The molecule has 1 heterocycles. The monoisotopic (exact) mass is 281 g/mol. The molecule has 1 aliphatic heterocycles. The van der Waals surface area contributed by atoms with E-state index in [9.17, 15) is 0 Å². The minimum Gasteiger partial charge on any atom is -0.488 e. The van der Waals surface area contributed by atoms with Crippen LogP contribution in [0.2, 0.25) is 0 Å². The molecule has 1 aromatic carbocycles. The highest BCUT2D eigenvalue weighted by atomic mass is 16.7. The molecule has 2 rings (SSSR count). The van der Waals surface area contributed by atoms with Gasteiger partial charge in [-0.25, -0.2) is 0 Å². The van der Waals surface area contributed by atoms with E-state index in [0.717, 1.165) is 35.7 Å². The lowest BCUT2D eigenvalue weighted by Gasteiger charge is -2.19. The van der Waals surface area contributed by atoms with Crippen LogP contribution in [0.1, 0.15) is 25.8 Å². The Morgan fingerprint density at radius 3 is 2.65 bits per heavy atom. The standard InChI is InChI=1S/C15H23NO4/c1-4-12(16)5-11-6-14-15(19-9-18-14)7-13(11)20-10(2)8-17-3/h6-7,10,12H,4-5,8-9,16H2,1-3H3. The van der Waals surface area contributed by atoms with Crippen LogP contribution in [-0.2, 0) is 11.2 Å². The molecule has 0 saturated heterocycles. The van der Waals surface area contributed by atoms with E-state index in [1.165, 1.54) is 0 Å². The average Bonchev–Trinajstić information content (AvgIpc) is 2.86. The largest absolute Gasteiger partial charge is 0.488 e. The highest BCUT2D eigenvalue weighted by Crippen LogP contribution is 2.39. The van der Waals surface area contributed by atoms with E-state index >= 15 is 0 Å². The molecule has 20 heavy (non-hydrogen) atoms. The molecule has 0 aromatic heterocycles. The van der Waals surface area contributed by atoms with Gasteiger partial charge >= 0.3 is 0 Å². The topological polar surface area (TPSA) is 62.9 Å². The van der Waals surface area contributed by atoms with Crippen LogP contribution in [0.25, 0.3) is 0 Å². The first-order chi connectivity index (χ1) is 9.63. The summed E-state index contributed by atoms with van der Waals surface area (Å²) in [6.45, 7) is 4.84. The summed E-state index contributed by atoms with van der Waals surface area (Å²) < 4.78 is 21.9. The smallest absolute Gasteiger partial charge is 0.231 e. The van der Waals surface area contributed by atoms with Crippen LogP contribution in [0, 0.1) is 0 Å². The fourth-order valence-electron chi connectivity index (χ4n) is 2.15. The van der Waals surface area contributed by atoms with Crippen LogP contribution in [0.4, 0.5) is 0 Å². The van der Waals surface area contributed by atoms with Gasteiger partial charge in [0.05, 0.1) is 6.61 Å². The molecule has 2 atom stereocenters. The Morgan fingerprint density at radius 1 is 1.30 bits per heavy atom. The maximum absolute atomic E-state index is 6.06. The summed E-state index contributed by atoms with van der Waals surface area (Å²) in [5, 5.41) is 0. The maximum Gasteiger partial charge on any atom is 0.231 e. The number of ether oxygens (including phenoxy) is 4. The first-order valence-corrected chi connectivity index (χ1v) is 6.97. The molecule has 0 spiro atoms. The molecule has 0 radical (unpaired) electrons. The van der Waals surface area contributed by atoms with E-state index in [2.05, 4.69) is 6.92 Å². The SMILES string of the molecule is CCC(N)Cc1cc2c(cc1OC(C)COC)OCO2. The van der Waals surface area contributed by atoms with Gasteiger partial charge in [-0.3, -0.25) is 0 Å². The van der Waals surface area contributed by atoms with Crippen molar-refractivity contribution in [1.29, 1.82) is 0 Å². The second kappa shape index (κ2) is 6.81. The molecule has 2 unspecified atom stereocenters. The second-order valence-corrected chi connectivity index (χ2v) is 5.07. The number of rotatable bonds is 7. The molecule has 1 aromatic rings. The first-order valence-electron chi connectivity index (χ1n) is 6.97. The van der Waals surface area contributed by atoms with Crippen LogP contribution in [-0.4, -0.2) is 32.7 Å². The second-order valence-electron chi connectivity index (χ2n) is 5.07. The third-order valence-corrected chi connectivity index (χ3v) is 3.29. The summed E-state index contributed by atoms with van der Waals surface area (Å²) in [4.78, 5) is 0. The lowest BCUT2D eigenvalue weighted by Crippen LogP contribution is -2.23. The van der Waals surface area contributed by atoms with E-state index in [4.69, 9.17) is 24.7 Å². The van der Waals surface area contributed by atoms with E-state index in [1.807, 2.05) is 19.1 Å². The Balaban J connectivity index is 2.22. The van der Waals surface area contributed by atoms with Crippen molar-refractivity contribution >= 4 is 0 Å². The van der Waals surface area contributed by atoms with Gasteiger partial charge in [-0.05, 0) is 31.4 Å². The predicted molar refractivity (Wildman–Crippen MR) is 76.5 cm³/mol. The van der Waals surface area contributed by atoms with Crippen LogP contribution in [0.3, 0.4) is 0 Å². The molecule has 0 amide bonds. The predicted octanol–water partition coefficient (Wildman–Crippen LogP) is 2.11. The summed E-state index contributed by atoms with van der Waals surface area (Å²) in [5.41, 5.74) is 7.10. The molecule has 0 fully saturated rings. The normalized spacial score (nSPS) is 16.0. The van der Waals surface area contributed by atoms with Gasteiger partial charge in [-0.2, -0.15) is 0 Å². The molecule has 1 aliphatic rings. The third kappa shape index (κ3) is 3.55. The fraction of sp³-hybridized carbons (Fsp3) is 0.600. The van der Waals surface area contributed by atoms with Crippen molar-refractivity contribution < 1.29 is 18.9 Å². The van der Waals surface area contributed by atoms with E-state index in [0.29, 0.717) is 6.61 Å².